The number of fused-ring (bicyclic) bond motifs is 1. The number of aromatic amines is 1. The number of aromatic nitrogens is 3. The van der Waals surface area contributed by atoms with Crippen LogP contribution in [0.1, 0.15) is 10.4 Å². The predicted octanol–water partition coefficient (Wildman–Crippen LogP) is 3.09. The molecular formula is C14H10BrN3O3. The highest BCUT2D eigenvalue weighted by Gasteiger charge is 2.13. The number of rotatable bonds is 3. The van der Waals surface area contributed by atoms with Gasteiger partial charge in [0.2, 0.25) is 0 Å². The zero-order chi connectivity index (χ0) is 15.0. The molecule has 1 aromatic carbocycles. The molecule has 0 aliphatic carbocycles. The van der Waals surface area contributed by atoms with Gasteiger partial charge in [-0.05, 0) is 24.3 Å². The van der Waals surface area contributed by atoms with E-state index in [1.54, 1.807) is 7.11 Å². The maximum Gasteiger partial charge on any atom is 0.337 e. The smallest absolute Gasteiger partial charge is 0.337 e. The number of halogens is 1. The molecule has 2 heterocycles. The molecule has 0 radical (unpaired) electrons. The van der Waals surface area contributed by atoms with Gasteiger partial charge >= 0.3 is 5.97 Å². The highest BCUT2D eigenvalue weighted by atomic mass is 79.9. The van der Waals surface area contributed by atoms with Crippen molar-refractivity contribution in [3.63, 3.8) is 0 Å². The van der Waals surface area contributed by atoms with E-state index in [2.05, 4.69) is 30.9 Å². The summed E-state index contributed by atoms with van der Waals surface area (Å²) < 4.78 is 6.23. The van der Waals surface area contributed by atoms with Crippen molar-refractivity contribution in [2.45, 2.75) is 0 Å². The molecule has 2 N–H and O–H groups in total. The van der Waals surface area contributed by atoms with Crippen LogP contribution in [0, 0.1) is 0 Å². The third-order valence-electron chi connectivity index (χ3n) is 3.00. The lowest BCUT2D eigenvalue weighted by atomic mass is 10.2. The lowest BCUT2D eigenvalue weighted by Crippen LogP contribution is -1.96. The zero-order valence-electron chi connectivity index (χ0n) is 10.9. The molecule has 0 saturated heterocycles. The summed E-state index contributed by atoms with van der Waals surface area (Å²) in [7, 11) is 1.58. The van der Waals surface area contributed by atoms with Gasteiger partial charge < -0.3 is 14.8 Å². The molecule has 2 aromatic heterocycles. The number of carbonyl (C=O) groups is 1. The maximum absolute atomic E-state index is 11.0. The molecular weight excluding hydrogens is 338 g/mol. The fraction of sp³-hybridized carbons (Fsp3) is 0.0714. The van der Waals surface area contributed by atoms with E-state index in [0.29, 0.717) is 22.7 Å². The summed E-state index contributed by atoms with van der Waals surface area (Å²) in [5, 5.41) is 8.98. The Morgan fingerprint density at radius 1 is 1.38 bits per heavy atom. The van der Waals surface area contributed by atoms with Crippen molar-refractivity contribution in [1.29, 1.82) is 0 Å². The van der Waals surface area contributed by atoms with Crippen LogP contribution in [0.25, 0.3) is 22.6 Å². The summed E-state index contributed by atoms with van der Waals surface area (Å²) >= 11 is 3.38. The number of imidazole rings is 1. The number of aromatic carboxylic acids is 1. The van der Waals surface area contributed by atoms with E-state index in [1.807, 2.05) is 18.2 Å². The molecule has 3 aromatic rings. The number of methoxy groups -OCH3 is 1. The van der Waals surface area contributed by atoms with Gasteiger partial charge in [-0.25, -0.2) is 14.8 Å². The second-order valence-electron chi connectivity index (χ2n) is 4.33. The fourth-order valence-electron chi connectivity index (χ4n) is 2.01. The van der Waals surface area contributed by atoms with Crippen LogP contribution in [0.4, 0.5) is 0 Å². The van der Waals surface area contributed by atoms with E-state index >= 15 is 0 Å². The van der Waals surface area contributed by atoms with Crippen LogP contribution in [-0.2, 0) is 0 Å². The van der Waals surface area contributed by atoms with Crippen molar-refractivity contribution in [2.24, 2.45) is 0 Å². The van der Waals surface area contributed by atoms with Gasteiger partial charge in [0.25, 0.3) is 0 Å². The first kappa shape index (κ1) is 13.6. The molecule has 3 rings (SSSR count). The van der Waals surface area contributed by atoms with Crippen LogP contribution in [0.2, 0.25) is 0 Å². The standard InChI is InChI=1S/C14H10BrN3O3/c1-21-11-5-8(15)2-3-9(11)12-17-10-4-7(14(19)20)6-16-13(10)18-12/h2-6H,1H3,(H,19,20)(H,16,17,18). The monoisotopic (exact) mass is 347 g/mol. The largest absolute Gasteiger partial charge is 0.496 e. The van der Waals surface area contributed by atoms with Crippen molar-refractivity contribution in [3.8, 4) is 17.1 Å². The van der Waals surface area contributed by atoms with E-state index in [0.717, 1.165) is 10.0 Å². The third kappa shape index (κ3) is 2.47. The number of hydrogen-bond donors (Lipinski definition) is 2. The molecule has 6 nitrogen and oxygen atoms in total. The van der Waals surface area contributed by atoms with Gasteiger partial charge in [-0.15, -0.1) is 0 Å². The molecule has 0 unspecified atom stereocenters. The summed E-state index contributed by atoms with van der Waals surface area (Å²) in [6.45, 7) is 0. The Labute approximate surface area is 127 Å². The van der Waals surface area contributed by atoms with Gasteiger partial charge in [-0.3, -0.25) is 0 Å². The number of pyridine rings is 1. The summed E-state index contributed by atoms with van der Waals surface area (Å²) in [5.41, 5.74) is 1.91. The van der Waals surface area contributed by atoms with Crippen LogP contribution in [0.3, 0.4) is 0 Å². The fourth-order valence-corrected chi connectivity index (χ4v) is 2.35. The topological polar surface area (TPSA) is 88.1 Å². The van der Waals surface area contributed by atoms with Crippen molar-refractivity contribution < 1.29 is 14.6 Å². The summed E-state index contributed by atoms with van der Waals surface area (Å²) in [6, 6.07) is 7.07. The lowest BCUT2D eigenvalue weighted by Gasteiger charge is -2.06. The van der Waals surface area contributed by atoms with Crippen LogP contribution < -0.4 is 4.74 Å². The number of carboxylic acid groups (broad SMARTS) is 1. The van der Waals surface area contributed by atoms with Crippen molar-refractivity contribution >= 4 is 33.1 Å². The molecule has 0 spiro atoms. The highest BCUT2D eigenvalue weighted by Crippen LogP contribution is 2.31. The van der Waals surface area contributed by atoms with E-state index in [1.165, 1.54) is 12.3 Å². The zero-order valence-corrected chi connectivity index (χ0v) is 12.5. The van der Waals surface area contributed by atoms with Gasteiger partial charge in [-0.2, -0.15) is 0 Å². The number of benzene rings is 1. The average molecular weight is 348 g/mol. The van der Waals surface area contributed by atoms with E-state index in [4.69, 9.17) is 9.84 Å². The van der Waals surface area contributed by atoms with Gasteiger partial charge in [0.15, 0.2) is 5.65 Å². The Balaban J connectivity index is 2.15. The first-order valence-corrected chi connectivity index (χ1v) is 6.81. The van der Waals surface area contributed by atoms with Crippen LogP contribution in [0.15, 0.2) is 34.9 Å². The molecule has 0 saturated carbocycles. The summed E-state index contributed by atoms with van der Waals surface area (Å²) in [5.74, 6) is 0.202. The molecule has 0 fully saturated rings. The SMILES string of the molecule is COc1cc(Br)ccc1-c1nc2ncc(C(=O)O)cc2[nH]1. The molecule has 7 heteroatoms. The van der Waals surface area contributed by atoms with Crippen LogP contribution in [-0.4, -0.2) is 33.1 Å². The van der Waals surface area contributed by atoms with Gasteiger partial charge in [-0.1, -0.05) is 15.9 Å². The van der Waals surface area contributed by atoms with E-state index in [-0.39, 0.29) is 5.56 Å². The number of carboxylic acids is 1. The molecule has 0 atom stereocenters. The number of nitrogens with zero attached hydrogens (tertiary/aromatic N) is 2. The number of hydrogen-bond acceptors (Lipinski definition) is 4. The Morgan fingerprint density at radius 3 is 2.90 bits per heavy atom. The average Bonchev–Trinajstić information content (AvgIpc) is 2.89. The first-order chi connectivity index (χ1) is 10.1. The second-order valence-corrected chi connectivity index (χ2v) is 5.25. The number of ether oxygens (including phenoxy) is 1. The molecule has 106 valence electrons. The quantitative estimate of drug-likeness (QED) is 0.759. The number of H-pyrrole nitrogens is 1. The van der Waals surface area contributed by atoms with Crippen LogP contribution >= 0.6 is 15.9 Å². The van der Waals surface area contributed by atoms with E-state index < -0.39 is 5.97 Å². The highest BCUT2D eigenvalue weighted by molar-refractivity contribution is 9.10. The normalized spacial score (nSPS) is 10.8. The third-order valence-corrected chi connectivity index (χ3v) is 3.50. The summed E-state index contributed by atoms with van der Waals surface area (Å²) in [4.78, 5) is 22.4. The Kier molecular flexibility index (Phi) is 3.34. The minimum Gasteiger partial charge on any atom is -0.496 e. The van der Waals surface area contributed by atoms with E-state index in [9.17, 15) is 4.79 Å². The molecule has 0 amide bonds. The predicted molar refractivity (Wildman–Crippen MR) is 80.5 cm³/mol. The maximum atomic E-state index is 11.0. The molecule has 0 aliphatic heterocycles. The molecule has 0 aliphatic rings. The lowest BCUT2D eigenvalue weighted by molar-refractivity contribution is 0.0696. The first-order valence-electron chi connectivity index (χ1n) is 6.01. The van der Waals surface area contributed by atoms with Crippen LogP contribution in [0.5, 0.6) is 5.75 Å². The Bertz CT molecular complexity index is 845. The number of nitrogens with one attached hydrogen (secondary N) is 1. The van der Waals surface area contributed by atoms with Gasteiger partial charge in [0.1, 0.15) is 11.6 Å². The minimum atomic E-state index is -1.03. The Morgan fingerprint density at radius 2 is 2.19 bits per heavy atom. The second kappa shape index (κ2) is 5.17. The van der Waals surface area contributed by atoms with Crippen molar-refractivity contribution in [3.05, 3.63) is 40.5 Å². The van der Waals surface area contributed by atoms with Gasteiger partial charge in [0, 0.05) is 10.7 Å². The molecule has 0 bridgehead atoms. The minimum absolute atomic E-state index is 0.112. The van der Waals surface area contributed by atoms with Gasteiger partial charge in [0.05, 0.1) is 23.8 Å². The Hall–Kier alpha value is -2.41. The van der Waals surface area contributed by atoms with Crippen molar-refractivity contribution in [1.82, 2.24) is 15.0 Å². The molecule has 21 heavy (non-hydrogen) atoms. The summed E-state index contributed by atoms with van der Waals surface area (Å²) in [6.07, 6.45) is 1.29. The van der Waals surface area contributed by atoms with Crippen molar-refractivity contribution in [2.75, 3.05) is 7.11 Å².